The predicted molar refractivity (Wildman–Crippen MR) is 88.4 cm³/mol. The van der Waals surface area contributed by atoms with Gasteiger partial charge in [-0.3, -0.25) is 4.79 Å². The van der Waals surface area contributed by atoms with Crippen LogP contribution in [-0.4, -0.2) is 24.6 Å². The van der Waals surface area contributed by atoms with E-state index in [9.17, 15) is 4.79 Å². The number of carbonyl (C=O) groups excluding carboxylic acids is 1. The monoisotopic (exact) mass is 311 g/mol. The average Bonchev–Trinajstić information content (AvgIpc) is 3.18. The minimum atomic E-state index is -0.0860. The molecular weight excluding hydrogens is 286 g/mol. The Bertz CT molecular complexity index is 495. The third kappa shape index (κ3) is 4.27. The Balaban J connectivity index is 2.17. The van der Waals surface area contributed by atoms with E-state index in [0.717, 1.165) is 37.2 Å². The van der Waals surface area contributed by atoms with Crippen LogP contribution in [0.3, 0.4) is 0 Å². The summed E-state index contributed by atoms with van der Waals surface area (Å²) in [5, 5.41) is 7.18. The van der Waals surface area contributed by atoms with Crippen LogP contribution in [0, 0.1) is 0 Å². The second kappa shape index (κ2) is 7.02. The van der Waals surface area contributed by atoms with E-state index in [2.05, 4.69) is 17.6 Å². The van der Waals surface area contributed by atoms with Gasteiger partial charge in [0.1, 0.15) is 15.6 Å². The third-order valence-corrected chi connectivity index (χ3v) is 4.33. The number of amides is 1. The van der Waals surface area contributed by atoms with Crippen molar-refractivity contribution in [3.8, 4) is 5.75 Å². The Morgan fingerprint density at radius 1 is 1.48 bits per heavy atom. The summed E-state index contributed by atoms with van der Waals surface area (Å²) in [4.78, 5) is 12.8. The fraction of sp³-hybridized carbons (Fsp3) is 0.667. The first-order valence-corrected chi connectivity index (χ1v) is 8.48. The number of thiophene rings is 1. The van der Waals surface area contributed by atoms with Gasteiger partial charge in [-0.2, -0.15) is 0 Å². The Kier molecular flexibility index (Phi) is 5.33. The van der Waals surface area contributed by atoms with Crippen molar-refractivity contribution in [2.75, 3.05) is 17.6 Å². The second-order valence-electron chi connectivity index (χ2n) is 5.70. The zero-order valence-corrected chi connectivity index (χ0v) is 13.8. The second-order valence-corrected chi connectivity index (χ2v) is 6.72. The normalized spacial score (nSPS) is 14.3. The molecule has 1 saturated carbocycles. The molecule has 0 radical (unpaired) electrons. The van der Waals surface area contributed by atoms with Gasteiger partial charge in [0.2, 0.25) is 0 Å². The molecular formula is C15H25N3O2S. The van der Waals surface area contributed by atoms with E-state index in [1.807, 2.05) is 13.8 Å². The molecule has 6 heteroatoms. The SMILES string of the molecule is CCCCNc1sc(C(=O)NC2CC2)c(N)c1OC(C)C. The number of nitrogens with one attached hydrogen (secondary N) is 2. The zero-order valence-electron chi connectivity index (χ0n) is 13.0. The molecule has 0 saturated heterocycles. The fourth-order valence-corrected chi connectivity index (χ4v) is 2.91. The number of rotatable bonds is 8. The number of nitrogens with two attached hydrogens (primary N) is 1. The molecule has 1 aromatic heterocycles. The molecule has 0 spiro atoms. The van der Waals surface area contributed by atoms with E-state index in [1.165, 1.54) is 11.3 Å². The molecule has 1 aromatic rings. The molecule has 1 aliphatic rings. The van der Waals surface area contributed by atoms with Crippen molar-refractivity contribution in [3.63, 3.8) is 0 Å². The summed E-state index contributed by atoms with van der Waals surface area (Å²) in [5.74, 6) is 0.532. The first kappa shape index (κ1) is 15.9. The molecule has 0 unspecified atom stereocenters. The van der Waals surface area contributed by atoms with Crippen molar-refractivity contribution in [1.29, 1.82) is 0 Å². The quantitative estimate of drug-likeness (QED) is 0.644. The van der Waals surface area contributed by atoms with Crippen LogP contribution in [0.4, 0.5) is 10.7 Å². The van der Waals surface area contributed by atoms with Crippen LogP contribution < -0.4 is 21.1 Å². The highest BCUT2D eigenvalue weighted by Gasteiger charge is 2.28. The number of carbonyl (C=O) groups is 1. The molecule has 5 nitrogen and oxygen atoms in total. The molecule has 1 amide bonds. The first-order valence-electron chi connectivity index (χ1n) is 7.66. The Morgan fingerprint density at radius 2 is 2.19 bits per heavy atom. The summed E-state index contributed by atoms with van der Waals surface area (Å²) in [6.07, 6.45) is 4.33. The van der Waals surface area contributed by atoms with Gasteiger partial charge in [-0.25, -0.2) is 0 Å². The van der Waals surface area contributed by atoms with Crippen LogP contribution in [0.5, 0.6) is 5.75 Å². The summed E-state index contributed by atoms with van der Waals surface area (Å²) in [6.45, 7) is 6.91. The highest BCUT2D eigenvalue weighted by atomic mass is 32.1. The van der Waals surface area contributed by atoms with Crippen molar-refractivity contribution in [1.82, 2.24) is 5.32 Å². The van der Waals surface area contributed by atoms with Gasteiger partial charge in [0.15, 0.2) is 5.75 Å². The standard InChI is InChI=1S/C15H25N3O2S/c1-4-5-8-17-15-12(20-9(2)3)11(16)13(21-15)14(19)18-10-6-7-10/h9-10,17H,4-8,16H2,1-3H3,(H,18,19). The molecule has 0 aromatic carbocycles. The molecule has 118 valence electrons. The highest BCUT2D eigenvalue weighted by Crippen LogP contribution is 2.43. The summed E-state index contributed by atoms with van der Waals surface area (Å²) >= 11 is 1.38. The average molecular weight is 311 g/mol. The maximum absolute atomic E-state index is 12.2. The number of hydrogen-bond donors (Lipinski definition) is 3. The lowest BCUT2D eigenvalue weighted by Gasteiger charge is -2.12. The van der Waals surface area contributed by atoms with Crippen molar-refractivity contribution in [2.24, 2.45) is 0 Å². The molecule has 0 atom stereocenters. The molecule has 0 bridgehead atoms. The number of unbranched alkanes of at least 4 members (excludes halogenated alkanes) is 1. The Hall–Kier alpha value is -1.43. The van der Waals surface area contributed by atoms with Gasteiger partial charge in [-0.1, -0.05) is 13.3 Å². The largest absolute Gasteiger partial charge is 0.486 e. The molecule has 1 aliphatic carbocycles. The molecule has 1 fully saturated rings. The summed E-state index contributed by atoms with van der Waals surface area (Å²) in [5.41, 5.74) is 6.59. The van der Waals surface area contributed by atoms with Crippen LogP contribution >= 0.6 is 11.3 Å². The van der Waals surface area contributed by atoms with E-state index in [-0.39, 0.29) is 12.0 Å². The summed E-state index contributed by atoms with van der Waals surface area (Å²) < 4.78 is 5.80. The van der Waals surface area contributed by atoms with Gasteiger partial charge in [-0.05, 0) is 33.1 Å². The van der Waals surface area contributed by atoms with E-state index in [4.69, 9.17) is 10.5 Å². The van der Waals surface area contributed by atoms with E-state index in [0.29, 0.717) is 22.4 Å². The molecule has 4 N–H and O–H groups in total. The van der Waals surface area contributed by atoms with Gasteiger partial charge in [0, 0.05) is 12.6 Å². The molecule has 1 heterocycles. The van der Waals surface area contributed by atoms with Crippen LogP contribution in [-0.2, 0) is 0 Å². The van der Waals surface area contributed by atoms with Gasteiger partial charge >= 0.3 is 0 Å². The van der Waals surface area contributed by atoms with E-state index >= 15 is 0 Å². The lowest BCUT2D eigenvalue weighted by atomic mass is 10.3. The van der Waals surface area contributed by atoms with Gasteiger partial charge in [-0.15, -0.1) is 11.3 Å². The zero-order chi connectivity index (χ0) is 15.4. The van der Waals surface area contributed by atoms with Gasteiger partial charge < -0.3 is 21.1 Å². The highest BCUT2D eigenvalue weighted by molar-refractivity contribution is 7.19. The maximum Gasteiger partial charge on any atom is 0.263 e. The number of nitrogen functional groups attached to an aromatic ring is 1. The molecule has 0 aliphatic heterocycles. The van der Waals surface area contributed by atoms with Crippen LogP contribution in [0.25, 0.3) is 0 Å². The fourth-order valence-electron chi connectivity index (χ4n) is 1.92. The Labute approximate surface area is 130 Å². The topological polar surface area (TPSA) is 76.4 Å². The van der Waals surface area contributed by atoms with Crippen LogP contribution in [0.15, 0.2) is 0 Å². The maximum atomic E-state index is 12.2. The van der Waals surface area contributed by atoms with Crippen LogP contribution in [0.1, 0.15) is 56.1 Å². The van der Waals surface area contributed by atoms with Gasteiger partial charge in [0.25, 0.3) is 5.91 Å². The molecule has 21 heavy (non-hydrogen) atoms. The Morgan fingerprint density at radius 3 is 2.76 bits per heavy atom. The van der Waals surface area contributed by atoms with Crippen molar-refractivity contribution < 1.29 is 9.53 Å². The van der Waals surface area contributed by atoms with Gasteiger partial charge in [0.05, 0.1) is 6.10 Å². The lowest BCUT2D eigenvalue weighted by molar-refractivity contribution is 0.0955. The van der Waals surface area contributed by atoms with Crippen LogP contribution in [0.2, 0.25) is 0 Å². The minimum Gasteiger partial charge on any atom is -0.486 e. The van der Waals surface area contributed by atoms with Crippen molar-refractivity contribution >= 4 is 27.9 Å². The van der Waals surface area contributed by atoms with E-state index < -0.39 is 0 Å². The number of ether oxygens (including phenoxy) is 1. The lowest BCUT2D eigenvalue weighted by Crippen LogP contribution is -2.25. The summed E-state index contributed by atoms with van der Waals surface area (Å²) in [7, 11) is 0. The minimum absolute atomic E-state index is 0.0213. The predicted octanol–water partition coefficient (Wildman–Crippen LogP) is 3.22. The number of hydrogen-bond acceptors (Lipinski definition) is 5. The molecule has 2 rings (SSSR count). The smallest absolute Gasteiger partial charge is 0.263 e. The summed E-state index contributed by atoms with van der Waals surface area (Å²) in [6, 6.07) is 0.324. The first-order chi connectivity index (χ1) is 10.0. The van der Waals surface area contributed by atoms with E-state index in [1.54, 1.807) is 0 Å². The third-order valence-electron chi connectivity index (χ3n) is 3.19. The number of anilines is 2. The van der Waals surface area contributed by atoms with Crippen molar-refractivity contribution in [2.45, 2.75) is 58.6 Å². The van der Waals surface area contributed by atoms with Crippen molar-refractivity contribution in [3.05, 3.63) is 4.88 Å².